The first-order valence-electron chi connectivity index (χ1n) is 9.70. The van der Waals surface area contributed by atoms with Crippen molar-refractivity contribution in [2.24, 2.45) is 5.92 Å². The summed E-state index contributed by atoms with van der Waals surface area (Å²) in [4.78, 5) is 17.3. The third-order valence-electron chi connectivity index (χ3n) is 5.77. The number of hydrogen-bond donors (Lipinski definition) is 1. The summed E-state index contributed by atoms with van der Waals surface area (Å²) in [6, 6.07) is 5.87. The lowest BCUT2D eigenvalue weighted by atomic mass is 9.93. The Balaban J connectivity index is 1.55. The quantitative estimate of drug-likeness (QED) is 0.788. The summed E-state index contributed by atoms with van der Waals surface area (Å²) in [5, 5.41) is 4.36. The number of hydrogen-bond acceptors (Lipinski definition) is 3. The minimum atomic E-state index is 0.130. The maximum atomic E-state index is 12.9. The minimum Gasteiger partial charge on any atom is -0.335 e. The molecule has 1 unspecified atom stereocenters. The van der Waals surface area contributed by atoms with E-state index in [9.17, 15) is 4.79 Å². The van der Waals surface area contributed by atoms with Gasteiger partial charge in [-0.3, -0.25) is 9.69 Å². The van der Waals surface area contributed by atoms with Crippen LogP contribution in [0, 0.1) is 5.92 Å². The summed E-state index contributed by atoms with van der Waals surface area (Å²) in [6.07, 6.45) is 5.68. The van der Waals surface area contributed by atoms with Gasteiger partial charge < -0.3 is 10.2 Å². The fraction of sp³-hybridized carbons (Fsp3) is 0.650. The Labute approximate surface area is 166 Å². The van der Waals surface area contributed by atoms with Crippen molar-refractivity contribution in [3.63, 3.8) is 0 Å². The highest BCUT2D eigenvalue weighted by molar-refractivity contribution is 6.42. The second kappa shape index (κ2) is 9.41. The monoisotopic (exact) mass is 397 g/mol. The molecule has 6 heteroatoms. The molecule has 2 fully saturated rings. The molecule has 1 amide bonds. The van der Waals surface area contributed by atoms with Crippen LogP contribution in [0.4, 0.5) is 0 Å². The second-order valence-corrected chi connectivity index (χ2v) is 8.34. The number of likely N-dealkylation sites (tertiary alicyclic amines) is 2. The predicted molar refractivity (Wildman–Crippen MR) is 108 cm³/mol. The van der Waals surface area contributed by atoms with Crippen molar-refractivity contribution in [1.29, 1.82) is 0 Å². The van der Waals surface area contributed by atoms with E-state index in [-0.39, 0.29) is 11.9 Å². The molecule has 2 aliphatic rings. The summed E-state index contributed by atoms with van der Waals surface area (Å²) < 4.78 is 0. The van der Waals surface area contributed by atoms with E-state index in [4.69, 9.17) is 23.2 Å². The van der Waals surface area contributed by atoms with Crippen molar-refractivity contribution >= 4 is 29.1 Å². The lowest BCUT2D eigenvalue weighted by molar-refractivity contribution is -0.133. The zero-order valence-electron chi connectivity index (χ0n) is 15.5. The molecule has 2 aliphatic heterocycles. The molecule has 1 atom stereocenters. The SMILES string of the molecule is CNCCC1CCN(CC(=O)N2CCCC2c2ccc(Cl)c(Cl)c2)CC1. The summed E-state index contributed by atoms with van der Waals surface area (Å²) in [6.45, 7) is 4.53. The molecule has 1 aromatic carbocycles. The largest absolute Gasteiger partial charge is 0.335 e. The van der Waals surface area contributed by atoms with Gasteiger partial charge in [-0.15, -0.1) is 0 Å². The number of halogens is 2. The van der Waals surface area contributed by atoms with E-state index in [1.165, 1.54) is 19.3 Å². The molecule has 0 bridgehead atoms. The van der Waals surface area contributed by atoms with E-state index < -0.39 is 0 Å². The van der Waals surface area contributed by atoms with Crippen LogP contribution in [0.25, 0.3) is 0 Å². The summed E-state index contributed by atoms with van der Waals surface area (Å²) in [5.74, 6) is 1.04. The van der Waals surface area contributed by atoms with Gasteiger partial charge in [0, 0.05) is 6.54 Å². The number of benzene rings is 1. The van der Waals surface area contributed by atoms with Crippen LogP contribution < -0.4 is 5.32 Å². The van der Waals surface area contributed by atoms with Crippen LogP contribution in [0.3, 0.4) is 0 Å². The molecule has 1 aromatic rings. The Kier molecular flexibility index (Phi) is 7.21. The Bertz CT molecular complexity index is 617. The molecule has 0 spiro atoms. The van der Waals surface area contributed by atoms with Gasteiger partial charge in [0.15, 0.2) is 0 Å². The molecule has 144 valence electrons. The van der Waals surface area contributed by atoms with Crippen LogP contribution in [0.2, 0.25) is 10.0 Å². The fourth-order valence-electron chi connectivity index (χ4n) is 4.20. The number of nitrogens with zero attached hydrogens (tertiary/aromatic N) is 2. The molecule has 0 radical (unpaired) electrons. The van der Waals surface area contributed by atoms with Crippen molar-refractivity contribution in [3.8, 4) is 0 Å². The minimum absolute atomic E-state index is 0.130. The lowest BCUT2D eigenvalue weighted by Gasteiger charge is -2.33. The zero-order valence-corrected chi connectivity index (χ0v) is 17.0. The van der Waals surface area contributed by atoms with Crippen LogP contribution in [0.5, 0.6) is 0 Å². The van der Waals surface area contributed by atoms with E-state index in [0.717, 1.165) is 50.5 Å². The Morgan fingerprint density at radius 2 is 1.92 bits per heavy atom. The van der Waals surface area contributed by atoms with E-state index in [1.54, 1.807) is 0 Å². The average Bonchev–Trinajstić information content (AvgIpc) is 3.13. The van der Waals surface area contributed by atoms with Gasteiger partial charge in [0.05, 0.1) is 22.6 Å². The van der Waals surface area contributed by atoms with Crippen molar-refractivity contribution in [1.82, 2.24) is 15.1 Å². The highest BCUT2D eigenvalue weighted by Crippen LogP contribution is 2.35. The number of amides is 1. The Morgan fingerprint density at radius 3 is 2.62 bits per heavy atom. The Hall–Kier alpha value is -0.810. The topological polar surface area (TPSA) is 35.6 Å². The van der Waals surface area contributed by atoms with Crippen LogP contribution in [-0.4, -0.2) is 55.5 Å². The third-order valence-corrected chi connectivity index (χ3v) is 6.51. The normalized spacial score (nSPS) is 22.1. The molecule has 4 nitrogen and oxygen atoms in total. The summed E-state index contributed by atoms with van der Waals surface area (Å²) >= 11 is 12.2. The molecule has 0 aliphatic carbocycles. The van der Waals surface area contributed by atoms with Crippen LogP contribution >= 0.6 is 23.2 Å². The van der Waals surface area contributed by atoms with Crippen LogP contribution in [0.1, 0.15) is 43.7 Å². The van der Waals surface area contributed by atoms with Crippen molar-refractivity contribution in [2.45, 2.75) is 38.1 Å². The average molecular weight is 398 g/mol. The fourth-order valence-corrected chi connectivity index (χ4v) is 4.50. The maximum Gasteiger partial charge on any atom is 0.237 e. The molecule has 2 saturated heterocycles. The molecular formula is C20H29Cl2N3O. The number of carbonyl (C=O) groups is 1. The summed E-state index contributed by atoms with van der Waals surface area (Å²) in [7, 11) is 2.01. The van der Waals surface area contributed by atoms with E-state index in [0.29, 0.717) is 16.6 Å². The number of carbonyl (C=O) groups excluding carboxylic acids is 1. The molecule has 0 saturated carbocycles. The van der Waals surface area contributed by atoms with Gasteiger partial charge in [-0.25, -0.2) is 0 Å². The smallest absolute Gasteiger partial charge is 0.237 e. The maximum absolute atomic E-state index is 12.9. The predicted octanol–water partition coefficient (Wildman–Crippen LogP) is 3.98. The van der Waals surface area contributed by atoms with Gasteiger partial charge in [-0.2, -0.15) is 0 Å². The molecule has 0 aromatic heterocycles. The van der Waals surface area contributed by atoms with E-state index in [1.807, 2.05) is 30.1 Å². The molecule has 1 N–H and O–H groups in total. The number of piperidine rings is 1. The van der Waals surface area contributed by atoms with Crippen molar-refractivity contribution < 1.29 is 4.79 Å². The first-order chi connectivity index (χ1) is 12.6. The van der Waals surface area contributed by atoms with Crippen LogP contribution in [-0.2, 0) is 4.79 Å². The first-order valence-corrected chi connectivity index (χ1v) is 10.5. The highest BCUT2D eigenvalue weighted by Gasteiger charge is 2.31. The third kappa shape index (κ3) is 4.92. The lowest BCUT2D eigenvalue weighted by Crippen LogP contribution is -2.43. The highest BCUT2D eigenvalue weighted by atomic mass is 35.5. The van der Waals surface area contributed by atoms with Crippen molar-refractivity contribution in [2.75, 3.05) is 39.8 Å². The second-order valence-electron chi connectivity index (χ2n) is 7.53. The molecular weight excluding hydrogens is 369 g/mol. The molecule has 2 heterocycles. The Morgan fingerprint density at radius 1 is 1.15 bits per heavy atom. The summed E-state index contributed by atoms with van der Waals surface area (Å²) in [5.41, 5.74) is 1.09. The van der Waals surface area contributed by atoms with Gasteiger partial charge in [0.2, 0.25) is 5.91 Å². The number of rotatable bonds is 6. The van der Waals surface area contributed by atoms with Gasteiger partial charge in [0.25, 0.3) is 0 Å². The molecule has 3 rings (SSSR count). The van der Waals surface area contributed by atoms with E-state index in [2.05, 4.69) is 10.2 Å². The standard InChI is InChI=1S/C20H29Cl2N3O/c1-23-9-6-15-7-11-24(12-8-15)14-20(26)25-10-2-3-19(25)16-4-5-17(21)18(22)13-16/h4-5,13,15,19,23H,2-3,6-12,14H2,1H3. The molecule has 26 heavy (non-hydrogen) atoms. The number of nitrogens with one attached hydrogen (secondary N) is 1. The van der Waals surface area contributed by atoms with Gasteiger partial charge in [-0.1, -0.05) is 29.3 Å². The van der Waals surface area contributed by atoms with Gasteiger partial charge >= 0.3 is 0 Å². The van der Waals surface area contributed by atoms with Gasteiger partial charge in [0.1, 0.15) is 0 Å². The van der Waals surface area contributed by atoms with Crippen molar-refractivity contribution in [3.05, 3.63) is 33.8 Å². The van der Waals surface area contributed by atoms with E-state index >= 15 is 0 Å². The first kappa shape index (κ1) is 19.9. The zero-order chi connectivity index (χ0) is 18.5. The van der Waals surface area contributed by atoms with Gasteiger partial charge in [-0.05, 0) is 82.4 Å². The van der Waals surface area contributed by atoms with Crippen LogP contribution in [0.15, 0.2) is 18.2 Å².